The molecular weight excluding hydrogens is 278 g/mol. The lowest BCUT2D eigenvalue weighted by molar-refractivity contribution is -0.132. The van der Waals surface area contributed by atoms with Crippen LogP contribution >= 0.6 is 0 Å². The molecule has 1 saturated heterocycles. The molecule has 22 heavy (non-hydrogen) atoms. The van der Waals surface area contributed by atoms with Crippen LogP contribution in [0.1, 0.15) is 36.6 Å². The molecular formula is C16H21N5O. The molecule has 1 amide bonds. The zero-order chi connectivity index (χ0) is 15.4. The lowest BCUT2D eigenvalue weighted by Crippen LogP contribution is -2.39. The molecule has 1 fully saturated rings. The van der Waals surface area contributed by atoms with Crippen LogP contribution in [-0.4, -0.2) is 43.6 Å². The molecule has 0 saturated carbocycles. The number of piperidine rings is 1. The van der Waals surface area contributed by atoms with Gasteiger partial charge in [0.25, 0.3) is 0 Å². The van der Waals surface area contributed by atoms with E-state index in [0.29, 0.717) is 18.9 Å². The van der Waals surface area contributed by atoms with Crippen molar-refractivity contribution in [3.63, 3.8) is 0 Å². The molecule has 3 heterocycles. The molecule has 0 bridgehead atoms. The van der Waals surface area contributed by atoms with E-state index in [1.54, 1.807) is 18.6 Å². The Bertz CT molecular complexity index is 624. The zero-order valence-corrected chi connectivity index (χ0v) is 12.9. The molecule has 0 aliphatic carbocycles. The summed E-state index contributed by atoms with van der Waals surface area (Å²) < 4.78 is 1.88. The molecule has 0 unspecified atom stereocenters. The third kappa shape index (κ3) is 3.32. The Morgan fingerprint density at radius 1 is 1.36 bits per heavy atom. The molecule has 1 aliphatic rings. The number of carbonyl (C=O) groups excluding carboxylic acids is 1. The standard InChI is InChI=1S/C16H21N5O/c1-13-4-6-19-21(13)10-5-16(22)20-9-2-3-14(12-20)15-11-17-7-8-18-15/h4,6-8,11,14H,2-3,5,9-10,12H2,1H3/t14-/m1/s1. The normalized spacial score (nSPS) is 18.4. The number of aromatic nitrogens is 4. The quantitative estimate of drug-likeness (QED) is 0.863. The van der Waals surface area contributed by atoms with E-state index in [0.717, 1.165) is 37.3 Å². The summed E-state index contributed by atoms with van der Waals surface area (Å²) in [6.45, 7) is 4.23. The Hall–Kier alpha value is -2.24. The summed E-state index contributed by atoms with van der Waals surface area (Å²) in [5.74, 6) is 0.501. The first kappa shape index (κ1) is 14.7. The Labute approximate surface area is 130 Å². The third-order valence-corrected chi connectivity index (χ3v) is 4.24. The Morgan fingerprint density at radius 3 is 3.00 bits per heavy atom. The van der Waals surface area contributed by atoms with Crippen LogP contribution in [0.5, 0.6) is 0 Å². The van der Waals surface area contributed by atoms with E-state index < -0.39 is 0 Å². The first-order valence-corrected chi connectivity index (χ1v) is 7.76. The highest BCUT2D eigenvalue weighted by Gasteiger charge is 2.25. The number of likely N-dealkylation sites (tertiary alicyclic amines) is 1. The van der Waals surface area contributed by atoms with E-state index in [1.807, 2.05) is 28.8 Å². The van der Waals surface area contributed by atoms with Crippen molar-refractivity contribution in [2.75, 3.05) is 13.1 Å². The number of nitrogens with zero attached hydrogens (tertiary/aromatic N) is 5. The van der Waals surface area contributed by atoms with Gasteiger partial charge >= 0.3 is 0 Å². The molecule has 2 aromatic heterocycles. The molecule has 6 heteroatoms. The van der Waals surface area contributed by atoms with E-state index in [-0.39, 0.29) is 5.91 Å². The van der Waals surface area contributed by atoms with Gasteiger partial charge in [0.2, 0.25) is 5.91 Å². The van der Waals surface area contributed by atoms with E-state index >= 15 is 0 Å². The van der Waals surface area contributed by atoms with Gasteiger partial charge < -0.3 is 4.90 Å². The SMILES string of the molecule is Cc1ccnn1CCC(=O)N1CCC[C@@H](c2cnccn2)C1. The van der Waals surface area contributed by atoms with Crippen molar-refractivity contribution in [3.05, 3.63) is 42.2 Å². The summed E-state index contributed by atoms with van der Waals surface area (Å²) in [5, 5.41) is 4.22. The fraction of sp³-hybridized carbons (Fsp3) is 0.500. The molecule has 0 N–H and O–H groups in total. The van der Waals surface area contributed by atoms with Crippen LogP contribution < -0.4 is 0 Å². The van der Waals surface area contributed by atoms with E-state index in [9.17, 15) is 4.79 Å². The van der Waals surface area contributed by atoms with Crippen LogP contribution in [-0.2, 0) is 11.3 Å². The average molecular weight is 299 g/mol. The predicted octanol–water partition coefficient (Wildman–Crippen LogP) is 1.78. The molecule has 2 aromatic rings. The summed E-state index contributed by atoms with van der Waals surface area (Å²) in [4.78, 5) is 22.9. The molecule has 3 rings (SSSR count). The van der Waals surface area contributed by atoms with Gasteiger partial charge in [-0.3, -0.25) is 19.4 Å². The number of amides is 1. The highest BCUT2D eigenvalue weighted by Crippen LogP contribution is 2.25. The topological polar surface area (TPSA) is 63.9 Å². The zero-order valence-electron chi connectivity index (χ0n) is 12.9. The summed E-state index contributed by atoms with van der Waals surface area (Å²) in [5.41, 5.74) is 2.08. The van der Waals surface area contributed by atoms with E-state index in [1.165, 1.54) is 0 Å². The number of carbonyl (C=O) groups is 1. The smallest absolute Gasteiger partial charge is 0.224 e. The summed E-state index contributed by atoms with van der Waals surface area (Å²) >= 11 is 0. The molecule has 1 aliphatic heterocycles. The highest BCUT2D eigenvalue weighted by atomic mass is 16.2. The Morgan fingerprint density at radius 2 is 2.27 bits per heavy atom. The summed E-state index contributed by atoms with van der Waals surface area (Å²) in [6, 6.07) is 1.95. The maximum Gasteiger partial charge on any atom is 0.224 e. The van der Waals surface area contributed by atoms with Gasteiger partial charge in [0.05, 0.1) is 5.69 Å². The second-order valence-corrected chi connectivity index (χ2v) is 5.75. The molecule has 1 atom stereocenters. The van der Waals surface area contributed by atoms with E-state index in [2.05, 4.69) is 15.1 Å². The third-order valence-electron chi connectivity index (χ3n) is 4.24. The molecule has 6 nitrogen and oxygen atoms in total. The first-order valence-electron chi connectivity index (χ1n) is 7.76. The van der Waals surface area contributed by atoms with Crippen LogP contribution in [0.25, 0.3) is 0 Å². The largest absolute Gasteiger partial charge is 0.342 e. The second kappa shape index (κ2) is 6.68. The minimum absolute atomic E-state index is 0.198. The van der Waals surface area contributed by atoms with Crippen molar-refractivity contribution in [3.8, 4) is 0 Å². The van der Waals surface area contributed by atoms with Crippen LogP contribution in [0, 0.1) is 6.92 Å². The summed E-state index contributed by atoms with van der Waals surface area (Å²) in [7, 11) is 0. The number of rotatable bonds is 4. The predicted molar refractivity (Wildman–Crippen MR) is 82.2 cm³/mol. The van der Waals surface area contributed by atoms with Gasteiger partial charge in [-0.25, -0.2) is 0 Å². The summed E-state index contributed by atoms with van der Waals surface area (Å²) in [6.07, 6.45) is 9.57. The van der Waals surface area contributed by atoms with E-state index in [4.69, 9.17) is 0 Å². The number of hydrogen-bond acceptors (Lipinski definition) is 4. The average Bonchev–Trinajstić information content (AvgIpc) is 2.99. The minimum Gasteiger partial charge on any atom is -0.342 e. The number of aryl methyl sites for hydroxylation is 2. The van der Waals surface area contributed by atoms with Crippen LogP contribution in [0.15, 0.2) is 30.9 Å². The molecule has 0 radical (unpaired) electrons. The maximum absolute atomic E-state index is 12.4. The van der Waals surface area contributed by atoms with Gasteiger partial charge in [-0.15, -0.1) is 0 Å². The van der Waals surface area contributed by atoms with Crippen LogP contribution in [0.2, 0.25) is 0 Å². The first-order chi connectivity index (χ1) is 10.7. The highest BCUT2D eigenvalue weighted by molar-refractivity contribution is 5.76. The Kier molecular flexibility index (Phi) is 4.46. The van der Waals surface area contributed by atoms with Gasteiger partial charge in [-0.2, -0.15) is 5.10 Å². The van der Waals surface area contributed by atoms with Crippen molar-refractivity contribution in [2.45, 2.75) is 38.6 Å². The number of hydrogen-bond donors (Lipinski definition) is 0. The lowest BCUT2D eigenvalue weighted by atomic mass is 9.95. The minimum atomic E-state index is 0.198. The molecule has 0 spiro atoms. The van der Waals surface area contributed by atoms with Crippen molar-refractivity contribution in [1.82, 2.24) is 24.6 Å². The fourth-order valence-corrected chi connectivity index (χ4v) is 2.96. The maximum atomic E-state index is 12.4. The second-order valence-electron chi connectivity index (χ2n) is 5.75. The van der Waals surface area contributed by atoms with Crippen molar-refractivity contribution in [2.24, 2.45) is 0 Å². The van der Waals surface area contributed by atoms with Gasteiger partial charge in [0.1, 0.15) is 0 Å². The van der Waals surface area contributed by atoms with Crippen molar-refractivity contribution >= 4 is 5.91 Å². The molecule has 116 valence electrons. The van der Waals surface area contributed by atoms with Gasteiger partial charge in [0, 0.05) is 62.5 Å². The van der Waals surface area contributed by atoms with Crippen LogP contribution in [0.3, 0.4) is 0 Å². The lowest BCUT2D eigenvalue weighted by Gasteiger charge is -2.32. The van der Waals surface area contributed by atoms with Gasteiger partial charge in [-0.05, 0) is 25.8 Å². The van der Waals surface area contributed by atoms with Gasteiger partial charge in [0.15, 0.2) is 0 Å². The van der Waals surface area contributed by atoms with Crippen LogP contribution in [0.4, 0.5) is 0 Å². The van der Waals surface area contributed by atoms with Crippen molar-refractivity contribution < 1.29 is 4.79 Å². The monoisotopic (exact) mass is 299 g/mol. The van der Waals surface area contributed by atoms with Gasteiger partial charge in [-0.1, -0.05) is 0 Å². The van der Waals surface area contributed by atoms with Crippen molar-refractivity contribution in [1.29, 1.82) is 0 Å². The fourth-order valence-electron chi connectivity index (χ4n) is 2.96. The molecule has 0 aromatic carbocycles. The Balaban J connectivity index is 1.57.